The number of unbranched alkanes of at least 4 members (excludes halogenated alkanes) is 1. The lowest BCUT2D eigenvalue weighted by molar-refractivity contribution is 0.459. The third kappa shape index (κ3) is 3.45. The lowest BCUT2D eigenvalue weighted by atomic mass is 10.2. The first kappa shape index (κ1) is 15.4. The Morgan fingerprint density at radius 1 is 1.39 bits per heavy atom. The Balaban J connectivity index is 3.05. The zero-order valence-corrected chi connectivity index (χ0v) is 12.3. The molecule has 6 heteroatoms. The number of halogens is 1. The van der Waals surface area contributed by atoms with Gasteiger partial charge in [-0.25, -0.2) is 12.7 Å². The highest BCUT2D eigenvalue weighted by molar-refractivity contribution is 7.89. The van der Waals surface area contributed by atoms with E-state index in [2.05, 4.69) is 0 Å². The molecule has 0 unspecified atom stereocenters. The topological polar surface area (TPSA) is 63.4 Å². The van der Waals surface area contributed by atoms with Crippen LogP contribution in [0.15, 0.2) is 23.1 Å². The zero-order valence-electron chi connectivity index (χ0n) is 10.7. The van der Waals surface area contributed by atoms with Crippen molar-refractivity contribution >= 4 is 21.6 Å². The van der Waals surface area contributed by atoms with Crippen LogP contribution in [0.1, 0.15) is 25.3 Å². The summed E-state index contributed by atoms with van der Waals surface area (Å²) in [6.45, 7) is 2.85. The van der Waals surface area contributed by atoms with Crippen molar-refractivity contribution in [3.8, 4) is 0 Å². The minimum Gasteiger partial charge on any atom is -0.326 e. The fraction of sp³-hybridized carbons (Fsp3) is 0.500. The van der Waals surface area contributed by atoms with E-state index < -0.39 is 10.0 Å². The van der Waals surface area contributed by atoms with Crippen LogP contribution < -0.4 is 5.73 Å². The lowest BCUT2D eigenvalue weighted by Crippen LogP contribution is -2.28. The summed E-state index contributed by atoms with van der Waals surface area (Å²) in [5.41, 5.74) is 6.30. The number of nitrogens with two attached hydrogens (primary N) is 1. The molecule has 2 N–H and O–H groups in total. The average molecular weight is 291 g/mol. The van der Waals surface area contributed by atoms with Crippen molar-refractivity contribution in [1.82, 2.24) is 4.31 Å². The molecule has 1 aromatic carbocycles. The first-order valence-corrected chi connectivity index (χ1v) is 7.70. The largest absolute Gasteiger partial charge is 0.326 e. The molecule has 1 aromatic rings. The van der Waals surface area contributed by atoms with E-state index in [0.29, 0.717) is 13.1 Å². The Morgan fingerprint density at radius 2 is 2.06 bits per heavy atom. The van der Waals surface area contributed by atoms with Crippen LogP contribution in [-0.4, -0.2) is 26.3 Å². The van der Waals surface area contributed by atoms with Crippen molar-refractivity contribution in [2.24, 2.45) is 5.73 Å². The second-order valence-corrected chi connectivity index (χ2v) is 6.57. The molecule has 18 heavy (non-hydrogen) atoms. The molecule has 0 aliphatic heterocycles. The van der Waals surface area contributed by atoms with E-state index >= 15 is 0 Å². The predicted molar refractivity (Wildman–Crippen MR) is 74.1 cm³/mol. The summed E-state index contributed by atoms with van der Waals surface area (Å²) >= 11 is 6.01. The van der Waals surface area contributed by atoms with E-state index in [1.165, 1.54) is 10.4 Å². The summed E-state index contributed by atoms with van der Waals surface area (Å²) in [5, 5.41) is 0.223. The fourth-order valence-electron chi connectivity index (χ4n) is 1.55. The van der Waals surface area contributed by atoms with E-state index in [0.717, 1.165) is 18.4 Å². The highest BCUT2D eigenvalue weighted by Crippen LogP contribution is 2.25. The molecule has 0 radical (unpaired) electrons. The Labute approximate surface area is 114 Å². The maximum atomic E-state index is 12.3. The third-order valence-corrected chi connectivity index (χ3v) is 5.09. The fourth-order valence-corrected chi connectivity index (χ4v) is 3.30. The highest BCUT2D eigenvalue weighted by atomic mass is 35.5. The highest BCUT2D eigenvalue weighted by Gasteiger charge is 2.22. The summed E-state index contributed by atoms with van der Waals surface area (Å²) in [6, 6.07) is 4.80. The molecule has 0 atom stereocenters. The van der Waals surface area contributed by atoms with Crippen molar-refractivity contribution in [2.45, 2.75) is 31.2 Å². The van der Waals surface area contributed by atoms with Gasteiger partial charge in [0.15, 0.2) is 0 Å². The minimum absolute atomic E-state index is 0.139. The molecule has 0 saturated carbocycles. The van der Waals surface area contributed by atoms with Crippen LogP contribution in [-0.2, 0) is 16.6 Å². The van der Waals surface area contributed by atoms with Crippen LogP contribution in [0, 0.1) is 0 Å². The monoisotopic (exact) mass is 290 g/mol. The summed E-state index contributed by atoms with van der Waals surface area (Å²) in [4.78, 5) is 0.139. The van der Waals surface area contributed by atoms with Gasteiger partial charge in [-0.15, -0.1) is 0 Å². The van der Waals surface area contributed by atoms with Crippen molar-refractivity contribution in [3.05, 3.63) is 28.8 Å². The molecular weight excluding hydrogens is 272 g/mol. The molecular formula is C12H19ClN2O2S. The second kappa shape index (κ2) is 6.52. The van der Waals surface area contributed by atoms with Gasteiger partial charge in [0.25, 0.3) is 0 Å². The molecule has 0 heterocycles. The first-order valence-electron chi connectivity index (χ1n) is 5.88. The molecule has 0 bridgehead atoms. The van der Waals surface area contributed by atoms with E-state index in [-0.39, 0.29) is 9.92 Å². The first-order chi connectivity index (χ1) is 8.43. The lowest BCUT2D eigenvalue weighted by Gasteiger charge is -2.17. The maximum Gasteiger partial charge on any atom is 0.244 e. The summed E-state index contributed by atoms with van der Waals surface area (Å²) in [6.07, 6.45) is 1.77. The van der Waals surface area contributed by atoms with Gasteiger partial charge in [-0.05, 0) is 24.1 Å². The van der Waals surface area contributed by atoms with Gasteiger partial charge in [-0.1, -0.05) is 31.0 Å². The van der Waals surface area contributed by atoms with Crippen molar-refractivity contribution in [3.63, 3.8) is 0 Å². The Bertz CT molecular complexity index is 503. The van der Waals surface area contributed by atoms with Crippen molar-refractivity contribution in [1.29, 1.82) is 0 Å². The van der Waals surface area contributed by atoms with Crippen LogP contribution >= 0.6 is 11.6 Å². The van der Waals surface area contributed by atoms with Gasteiger partial charge in [-0.2, -0.15) is 0 Å². The van der Waals surface area contributed by atoms with Gasteiger partial charge >= 0.3 is 0 Å². The maximum absolute atomic E-state index is 12.3. The Kier molecular flexibility index (Phi) is 5.59. The van der Waals surface area contributed by atoms with Crippen molar-refractivity contribution in [2.75, 3.05) is 13.6 Å². The van der Waals surface area contributed by atoms with E-state index in [1.54, 1.807) is 19.2 Å². The number of rotatable bonds is 6. The van der Waals surface area contributed by atoms with Gasteiger partial charge in [0.2, 0.25) is 10.0 Å². The number of hydrogen-bond acceptors (Lipinski definition) is 3. The van der Waals surface area contributed by atoms with Gasteiger partial charge in [0.1, 0.15) is 4.90 Å². The molecule has 0 aliphatic rings. The third-order valence-electron chi connectivity index (χ3n) is 2.75. The molecule has 0 spiro atoms. The van der Waals surface area contributed by atoms with Crippen LogP contribution in [0.25, 0.3) is 0 Å². The van der Waals surface area contributed by atoms with Gasteiger partial charge in [0, 0.05) is 20.1 Å². The van der Waals surface area contributed by atoms with E-state index in [9.17, 15) is 8.42 Å². The molecule has 4 nitrogen and oxygen atoms in total. The molecule has 102 valence electrons. The van der Waals surface area contributed by atoms with E-state index in [4.69, 9.17) is 17.3 Å². The predicted octanol–water partition coefficient (Wildman–Crippen LogP) is 2.22. The molecule has 0 amide bonds. The molecule has 0 fully saturated rings. The number of nitrogens with zero attached hydrogens (tertiary/aromatic N) is 1. The van der Waals surface area contributed by atoms with Gasteiger partial charge < -0.3 is 5.73 Å². The van der Waals surface area contributed by atoms with Crippen LogP contribution in [0.4, 0.5) is 0 Å². The van der Waals surface area contributed by atoms with Crippen LogP contribution in [0.3, 0.4) is 0 Å². The smallest absolute Gasteiger partial charge is 0.244 e. The van der Waals surface area contributed by atoms with Crippen LogP contribution in [0.2, 0.25) is 5.02 Å². The standard InChI is InChI=1S/C12H19ClN2O2S/c1-3-4-7-15(2)18(16,17)12-6-5-10(9-14)8-11(12)13/h5-6,8H,3-4,7,9,14H2,1-2H3. The zero-order chi connectivity index (χ0) is 13.8. The summed E-state index contributed by atoms with van der Waals surface area (Å²) in [5.74, 6) is 0. The normalized spacial score (nSPS) is 12.1. The number of benzene rings is 1. The quantitative estimate of drug-likeness (QED) is 0.874. The number of sulfonamides is 1. The average Bonchev–Trinajstić information content (AvgIpc) is 2.35. The van der Waals surface area contributed by atoms with Gasteiger partial charge in [-0.3, -0.25) is 0 Å². The summed E-state index contributed by atoms with van der Waals surface area (Å²) < 4.78 is 25.9. The second-order valence-electron chi connectivity index (χ2n) is 4.15. The molecule has 0 saturated heterocycles. The molecule has 1 rings (SSSR count). The van der Waals surface area contributed by atoms with Gasteiger partial charge in [0.05, 0.1) is 5.02 Å². The minimum atomic E-state index is -3.51. The van der Waals surface area contributed by atoms with Crippen molar-refractivity contribution < 1.29 is 8.42 Å². The summed E-state index contributed by atoms with van der Waals surface area (Å²) in [7, 11) is -1.94. The van der Waals surface area contributed by atoms with E-state index in [1.807, 2.05) is 6.92 Å². The Morgan fingerprint density at radius 3 is 2.56 bits per heavy atom. The number of hydrogen-bond donors (Lipinski definition) is 1. The Hall–Kier alpha value is -0.620. The van der Waals surface area contributed by atoms with Crippen LogP contribution in [0.5, 0.6) is 0 Å². The molecule has 0 aliphatic carbocycles. The SMILES string of the molecule is CCCCN(C)S(=O)(=O)c1ccc(CN)cc1Cl. The molecule has 0 aromatic heterocycles.